The van der Waals surface area contributed by atoms with Gasteiger partial charge in [0.1, 0.15) is 5.75 Å². The van der Waals surface area contributed by atoms with Gasteiger partial charge >= 0.3 is 6.61 Å². The maximum atomic E-state index is 11.9. The van der Waals surface area contributed by atoms with Crippen LogP contribution in [0.25, 0.3) is 0 Å². The molecule has 0 saturated heterocycles. The molecule has 0 amide bonds. The van der Waals surface area contributed by atoms with Crippen molar-refractivity contribution in [2.75, 3.05) is 0 Å². The Morgan fingerprint density at radius 3 is 2.77 bits per heavy atom. The lowest BCUT2D eigenvalue weighted by Gasteiger charge is -2.08. The summed E-state index contributed by atoms with van der Waals surface area (Å²) in [5.41, 5.74) is 0.469. The maximum absolute atomic E-state index is 11.9. The topological polar surface area (TPSA) is 22.1 Å². The van der Waals surface area contributed by atoms with Crippen molar-refractivity contribution in [1.82, 2.24) is 4.98 Å². The summed E-state index contributed by atoms with van der Waals surface area (Å²) in [6, 6.07) is 0. The molecule has 1 aromatic rings. The Kier molecular flexibility index (Phi) is 3.87. The summed E-state index contributed by atoms with van der Waals surface area (Å²) in [7, 11) is 0. The lowest BCUT2D eigenvalue weighted by molar-refractivity contribution is -0.0505. The zero-order valence-electron chi connectivity index (χ0n) is 6.31. The summed E-state index contributed by atoms with van der Waals surface area (Å²) in [5, 5.41) is 0.645. The second-order valence-electron chi connectivity index (χ2n) is 2.11. The zero-order chi connectivity index (χ0) is 9.84. The van der Waals surface area contributed by atoms with Crippen LogP contribution >= 0.6 is 27.5 Å². The summed E-state index contributed by atoms with van der Waals surface area (Å²) < 4.78 is 27.9. The number of pyridine rings is 1. The number of alkyl halides is 3. The van der Waals surface area contributed by atoms with Crippen LogP contribution in [-0.2, 0) is 5.33 Å². The molecular weight excluding hydrogens is 267 g/mol. The van der Waals surface area contributed by atoms with E-state index >= 15 is 0 Å². The summed E-state index contributed by atoms with van der Waals surface area (Å²) in [4.78, 5) is 3.63. The van der Waals surface area contributed by atoms with Gasteiger partial charge in [0.25, 0.3) is 0 Å². The molecule has 0 atom stereocenters. The van der Waals surface area contributed by atoms with Crippen LogP contribution in [0.5, 0.6) is 5.75 Å². The minimum Gasteiger partial charge on any atom is -0.433 e. The number of aromatic nitrogens is 1. The predicted molar refractivity (Wildman–Crippen MR) is 48.5 cm³/mol. The number of hydrogen-bond acceptors (Lipinski definition) is 2. The largest absolute Gasteiger partial charge is 0.433 e. The van der Waals surface area contributed by atoms with Gasteiger partial charge in [-0.05, 0) is 0 Å². The van der Waals surface area contributed by atoms with Crippen molar-refractivity contribution in [3.8, 4) is 5.75 Å². The van der Waals surface area contributed by atoms with E-state index in [1.165, 1.54) is 12.4 Å². The summed E-state index contributed by atoms with van der Waals surface area (Å²) in [6.07, 6.45) is 2.57. The zero-order valence-corrected chi connectivity index (χ0v) is 8.65. The fourth-order valence-electron chi connectivity index (χ4n) is 0.771. The monoisotopic (exact) mass is 271 g/mol. The van der Waals surface area contributed by atoms with Crippen LogP contribution in [0.4, 0.5) is 8.78 Å². The molecule has 0 saturated carbocycles. The number of halogens is 4. The van der Waals surface area contributed by atoms with Gasteiger partial charge < -0.3 is 4.74 Å². The molecule has 0 radical (unpaired) electrons. The predicted octanol–water partition coefficient (Wildman–Crippen LogP) is 3.23. The van der Waals surface area contributed by atoms with Gasteiger partial charge in [0.15, 0.2) is 0 Å². The van der Waals surface area contributed by atoms with Crippen molar-refractivity contribution in [3.63, 3.8) is 0 Å². The number of ether oxygens (including phenoxy) is 1. The molecule has 0 spiro atoms. The molecule has 0 N–H and O–H groups in total. The van der Waals surface area contributed by atoms with Gasteiger partial charge in [-0.25, -0.2) is 0 Å². The molecule has 72 valence electrons. The Labute approximate surface area is 87.0 Å². The SMILES string of the molecule is FC(F)Oc1cncc(Cl)c1CBr. The average Bonchev–Trinajstić information content (AvgIpc) is 2.03. The molecule has 1 aromatic heterocycles. The number of rotatable bonds is 3. The first-order valence-corrected chi connectivity index (χ1v) is 4.78. The highest BCUT2D eigenvalue weighted by molar-refractivity contribution is 9.08. The Morgan fingerprint density at radius 1 is 1.54 bits per heavy atom. The smallest absolute Gasteiger partial charge is 0.387 e. The van der Waals surface area contributed by atoms with E-state index in [9.17, 15) is 8.78 Å². The summed E-state index contributed by atoms with van der Waals surface area (Å²) >= 11 is 8.81. The quantitative estimate of drug-likeness (QED) is 0.788. The molecule has 0 aromatic carbocycles. The Balaban J connectivity index is 2.98. The highest BCUT2D eigenvalue weighted by Gasteiger charge is 2.11. The van der Waals surface area contributed by atoms with Crippen LogP contribution in [0.2, 0.25) is 5.02 Å². The van der Waals surface area contributed by atoms with E-state index in [1.807, 2.05) is 0 Å². The van der Waals surface area contributed by atoms with Gasteiger partial charge in [0, 0.05) is 17.1 Å². The van der Waals surface area contributed by atoms with Crippen LogP contribution in [0.1, 0.15) is 5.56 Å². The van der Waals surface area contributed by atoms with Gasteiger partial charge in [0.2, 0.25) is 0 Å². The molecule has 1 rings (SSSR count). The second kappa shape index (κ2) is 4.72. The third-order valence-corrected chi connectivity index (χ3v) is 2.20. The summed E-state index contributed by atoms with van der Waals surface area (Å²) in [5.74, 6) is -0.000579. The molecule has 2 nitrogen and oxygen atoms in total. The van der Waals surface area contributed by atoms with Gasteiger partial charge in [-0.2, -0.15) is 8.78 Å². The Hall–Kier alpha value is -0.420. The molecule has 0 unspecified atom stereocenters. The lowest BCUT2D eigenvalue weighted by atomic mass is 10.3. The van der Waals surface area contributed by atoms with Gasteiger partial charge in [-0.3, -0.25) is 4.98 Å². The van der Waals surface area contributed by atoms with Crippen LogP contribution in [0.15, 0.2) is 12.4 Å². The fourth-order valence-corrected chi connectivity index (χ4v) is 1.73. The Bertz CT molecular complexity index is 298. The molecule has 0 bridgehead atoms. The van der Waals surface area contributed by atoms with Gasteiger partial charge in [-0.15, -0.1) is 0 Å². The van der Waals surface area contributed by atoms with Crippen molar-refractivity contribution in [3.05, 3.63) is 23.0 Å². The molecule has 13 heavy (non-hydrogen) atoms. The van der Waals surface area contributed by atoms with Crippen molar-refractivity contribution in [2.45, 2.75) is 11.9 Å². The van der Waals surface area contributed by atoms with E-state index in [4.69, 9.17) is 11.6 Å². The highest BCUT2D eigenvalue weighted by atomic mass is 79.9. The molecular formula is C7H5BrClF2NO. The normalized spacial score (nSPS) is 10.5. The van der Waals surface area contributed by atoms with Crippen LogP contribution < -0.4 is 4.74 Å². The van der Waals surface area contributed by atoms with Crippen LogP contribution in [0.3, 0.4) is 0 Å². The lowest BCUT2D eigenvalue weighted by Crippen LogP contribution is -2.04. The van der Waals surface area contributed by atoms with E-state index < -0.39 is 6.61 Å². The van der Waals surface area contributed by atoms with Crippen molar-refractivity contribution < 1.29 is 13.5 Å². The first-order chi connectivity index (χ1) is 6.15. The third kappa shape index (κ3) is 2.77. The summed E-state index contributed by atoms with van der Waals surface area (Å²) in [6.45, 7) is -2.86. The fraction of sp³-hybridized carbons (Fsp3) is 0.286. The van der Waals surface area contributed by atoms with Gasteiger partial charge in [0.05, 0.1) is 11.2 Å². The minimum atomic E-state index is -2.86. The van der Waals surface area contributed by atoms with E-state index in [0.29, 0.717) is 15.9 Å². The number of nitrogens with zero attached hydrogens (tertiary/aromatic N) is 1. The number of hydrogen-bond donors (Lipinski definition) is 0. The first-order valence-electron chi connectivity index (χ1n) is 3.28. The minimum absolute atomic E-state index is 0.000579. The highest BCUT2D eigenvalue weighted by Crippen LogP contribution is 2.28. The van der Waals surface area contributed by atoms with Crippen LogP contribution in [-0.4, -0.2) is 11.6 Å². The van der Waals surface area contributed by atoms with Crippen molar-refractivity contribution in [2.24, 2.45) is 0 Å². The van der Waals surface area contributed by atoms with Gasteiger partial charge in [-0.1, -0.05) is 27.5 Å². The second-order valence-corrected chi connectivity index (χ2v) is 3.08. The van der Waals surface area contributed by atoms with E-state index in [1.54, 1.807) is 0 Å². The van der Waals surface area contributed by atoms with E-state index in [-0.39, 0.29) is 5.75 Å². The third-order valence-electron chi connectivity index (χ3n) is 1.32. The molecule has 1 heterocycles. The standard InChI is InChI=1S/C7H5BrClF2NO/c8-1-4-5(9)2-12-3-6(4)13-7(10)11/h2-3,7H,1H2. The first kappa shape index (κ1) is 10.7. The van der Waals surface area contributed by atoms with Crippen LogP contribution in [0, 0.1) is 0 Å². The van der Waals surface area contributed by atoms with Crippen molar-refractivity contribution >= 4 is 27.5 Å². The molecule has 0 aliphatic carbocycles. The average molecular weight is 272 g/mol. The van der Waals surface area contributed by atoms with Crippen molar-refractivity contribution in [1.29, 1.82) is 0 Å². The maximum Gasteiger partial charge on any atom is 0.387 e. The molecule has 0 aliphatic heterocycles. The van der Waals surface area contributed by atoms with E-state index in [2.05, 4.69) is 25.7 Å². The molecule has 6 heteroatoms. The Morgan fingerprint density at radius 2 is 2.23 bits per heavy atom. The molecule has 0 fully saturated rings. The van der Waals surface area contributed by atoms with E-state index in [0.717, 1.165) is 0 Å². The molecule has 0 aliphatic rings.